The average molecular weight is 181 g/mol. The molecular weight excluding hydrogens is 166 g/mol. The molecule has 3 nitrogen and oxygen atoms in total. The summed E-state index contributed by atoms with van der Waals surface area (Å²) in [7, 11) is 0. The van der Waals surface area contributed by atoms with Crippen molar-refractivity contribution >= 4 is 5.97 Å². The van der Waals surface area contributed by atoms with E-state index in [0.29, 0.717) is 24.5 Å². The lowest BCUT2D eigenvalue weighted by molar-refractivity contribution is -0.148. The van der Waals surface area contributed by atoms with Crippen LogP contribution in [0.4, 0.5) is 0 Å². The molecule has 3 aliphatic rings. The van der Waals surface area contributed by atoms with Crippen molar-refractivity contribution < 1.29 is 9.53 Å². The van der Waals surface area contributed by atoms with Crippen LogP contribution in [0.3, 0.4) is 0 Å². The number of hydrogen-bond acceptors (Lipinski definition) is 3. The zero-order valence-corrected chi connectivity index (χ0v) is 7.66. The van der Waals surface area contributed by atoms with Crippen LogP contribution in [0.1, 0.15) is 25.7 Å². The van der Waals surface area contributed by atoms with Crippen LogP contribution in [0.2, 0.25) is 0 Å². The lowest BCUT2D eigenvalue weighted by atomic mass is 9.71. The quantitative estimate of drug-likeness (QED) is 0.559. The molecule has 3 heteroatoms. The molecule has 2 bridgehead atoms. The molecule has 4 atom stereocenters. The van der Waals surface area contributed by atoms with E-state index in [0.717, 1.165) is 25.7 Å². The highest BCUT2D eigenvalue weighted by molar-refractivity contribution is 5.79. The first kappa shape index (κ1) is 7.80. The Kier molecular flexibility index (Phi) is 1.36. The number of ether oxygens (including phenoxy) is 1. The average Bonchev–Trinajstić information content (AvgIpc) is 2.70. The van der Waals surface area contributed by atoms with Crippen LogP contribution in [0, 0.1) is 17.3 Å². The van der Waals surface area contributed by atoms with Gasteiger partial charge in [-0.1, -0.05) is 0 Å². The molecule has 3 unspecified atom stereocenters. The smallest absolute Gasteiger partial charge is 0.312 e. The van der Waals surface area contributed by atoms with Crippen LogP contribution in [0.15, 0.2) is 0 Å². The van der Waals surface area contributed by atoms with Gasteiger partial charge in [-0.15, -0.1) is 0 Å². The van der Waals surface area contributed by atoms with Crippen LogP contribution >= 0.6 is 0 Å². The van der Waals surface area contributed by atoms with Gasteiger partial charge in [0.15, 0.2) is 0 Å². The Morgan fingerprint density at radius 1 is 1.46 bits per heavy atom. The number of esters is 1. The zero-order valence-electron chi connectivity index (χ0n) is 7.66. The third-order valence-corrected chi connectivity index (χ3v) is 4.35. The monoisotopic (exact) mass is 181 g/mol. The van der Waals surface area contributed by atoms with E-state index in [4.69, 9.17) is 10.5 Å². The number of hydrogen-bond donors (Lipinski definition) is 1. The molecule has 1 saturated heterocycles. The minimum atomic E-state index is -0.0967. The predicted molar refractivity (Wildman–Crippen MR) is 46.8 cm³/mol. The summed E-state index contributed by atoms with van der Waals surface area (Å²) >= 11 is 0. The summed E-state index contributed by atoms with van der Waals surface area (Å²) in [5, 5.41) is 0. The number of carbonyl (C=O) groups excluding carboxylic acids is 1. The summed E-state index contributed by atoms with van der Waals surface area (Å²) in [5.74, 6) is 1.19. The molecule has 3 rings (SSSR count). The minimum Gasteiger partial charge on any atom is -0.465 e. The normalized spacial score (nSPS) is 53.3. The van der Waals surface area contributed by atoms with E-state index in [9.17, 15) is 4.79 Å². The Morgan fingerprint density at radius 2 is 2.31 bits per heavy atom. The Labute approximate surface area is 77.6 Å². The molecule has 0 aromatic heterocycles. The Morgan fingerprint density at radius 3 is 2.77 bits per heavy atom. The number of cyclic esters (lactones) is 1. The molecule has 72 valence electrons. The van der Waals surface area contributed by atoms with E-state index in [-0.39, 0.29) is 11.4 Å². The van der Waals surface area contributed by atoms with Crippen LogP contribution in [0.25, 0.3) is 0 Å². The van der Waals surface area contributed by atoms with Gasteiger partial charge in [0.1, 0.15) is 0 Å². The van der Waals surface area contributed by atoms with Gasteiger partial charge in [0, 0.05) is 6.04 Å². The van der Waals surface area contributed by atoms with Crippen molar-refractivity contribution in [1.29, 1.82) is 0 Å². The van der Waals surface area contributed by atoms with Gasteiger partial charge in [-0.3, -0.25) is 4.79 Å². The molecule has 0 amide bonds. The highest BCUT2D eigenvalue weighted by atomic mass is 16.5. The number of carbonyl (C=O) groups is 1. The number of nitrogens with two attached hydrogens (primary N) is 1. The summed E-state index contributed by atoms with van der Waals surface area (Å²) in [4.78, 5) is 11.6. The van der Waals surface area contributed by atoms with Crippen LogP contribution in [-0.4, -0.2) is 18.6 Å². The van der Waals surface area contributed by atoms with Crippen LogP contribution in [-0.2, 0) is 9.53 Å². The molecule has 2 saturated carbocycles. The second-order valence-corrected chi connectivity index (χ2v) is 4.84. The topological polar surface area (TPSA) is 52.3 Å². The Balaban J connectivity index is 1.92. The van der Waals surface area contributed by atoms with Crippen molar-refractivity contribution in [3.63, 3.8) is 0 Å². The van der Waals surface area contributed by atoms with Crippen LogP contribution in [0.5, 0.6) is 0 Å². The van der Waals surface area contributed by atoms with E-state index < -0.39 is 0 Å². The first-order valence-electron chi connectivity index (χ1n) is 5.15. The highest BCUT2D eigenvalue weighted by Gasteiger charge is 2.60. The van der Waals surface area contributed by atoms with E-state index in [1.165, 1.54) is 0 Å². The lowest BCUT2D eigenvalue weighted by Crippen LogP contribution is -2.39. The number of rotatable bonds is 0. The molecule has 3 fully saturated rings. The SMILES string of the molecule is NC1C[C@@H]2CC1CC21CCOC1=O. The van der Waals surface area contributed by atoms with Crippen molar-refractivity contribution in [3.8, 4) is 0 Å². The lowest BCUT2D eigenvalue weighted by Gasteiger charge is -2.31. The fraction of sp³-hybridized carbons (Fsp3) is 0.900. The van der Waals surface area contributed by atoms with Crippen molar-refractivity contribution in [1.82, 2.24) is 0 Å². The maximum absolute atomic E-state index is 11.6. The molecule has 1 heterocycles. The van der Waals surface area contributed by atoms with Crippen molar-refractivity contribution in [3.05, 3.63) is 0 Å². The van der Waals surface area contributed by atoms with Gasteiger partial charge >= 0.3 is 5.97 Å². The summed E-state index contributed by atoms with van der Waals surface area (Å²) in [6, 6.07) is 0.351. The van der Waals surface area contributed by atoms with Gasteiger partial charge in [0.05, 0.1) is 12.0 Å². The van der Waals surface area contributed by atoms with Gasteiger partial charge in [-0.2, -0.15) is 0 Å². The standard InChI is InChI=1S/C10H15NO2/c11-8-4-7-3-6(8)5-10(7)1-2-13-9(10)12/h6-8H,1-5,11H2/t6?,7-,8?,10?/m0/s1. The van der Waals surface area contributed by atoms with E-state index in [2.05, 4.69) is 0 Å². The van der Waals surface area contributed by atoms with Gasteiger partial charge in [-0.25, -0.2) is 0 Å². The molecule has 2 aliphatic carbocycles. The maximum atomic E-state index is 11.6. The van der Waals surface area contributed by atoms with Crippen molar-refractivity contribution in [2.75, 3.05) is 6.61 Å². The zero-order chi connectivity index (χ0) is 9.05. The fourth-order valence-corrected chi connectivity index (χ4v) is 3.61. The van der Waals surface area contributed by atoms with Crippen molar-refractivity contribution in [2.45, 2.75) is 31.7 Å². The molecule has 1 spiro atoms. The largest absolute Gasteiger partial charge is 0.465 e. The Bertz CT molecular complexity index is 264. The maximum Gasteiger partial charge on any atom is 0.312 e. The predicted octanol–water partition coefficient (Wildman–Crippen LogP) is 0.677. The van der Waals surface area contributed by atoms with Crippen molar-refractivity contribution in [2.24, 2.45) is 23.0 Å². The molecular formula is C10H15NO2. The number of fused-ring (bicyclic) bond motifs is 3. The molecule has 2 N–H and O–H groups in total. The summed E-state index contributed by atoms with van der Waals surface area (Å²) < 4.78 is 5.10. The third-order valence-electron chi connectivity index (χ3n) is 4.35. The summed E-state index contributed by atoms with van der Waals surface area (Å²) in [6.07, 6.45) is 4.15. The van der Waals surface area contributed by atoms with Gasteiger partial charge < -0.3 is 10.5 Å². The second kappa shape index (κ2) is 2.27. The molecule has 13 heavy (non-hydrogen) atoms. The first-order chi connectivity index (χ1) is 6.22. The molecule has 0 radical (unpaired) electrons. The fourth-order valence-electron chi connectivity index (χ4n) is 3.61. The van der Waals surface area contributed by atoms with E-state index in [1.807, 2.05) is 0 Å². The second-order valence-electron chi connectivity index (χ2n) is 4.84. The van der Waals surface area contributed by atoms with Gasteiger partial charge in [0.2, 0.25) is 0 Å². The van der Waals surface area contributed by atoms with Gasteiger partial charge in [-0.05, 0) is 37.5 Å². The van der Waals surface area contributed by atoms with Gasteiger partial charge in [0.25, 0.3) is 0 Å². The molecule has 0 aromatic rings. The molecule has 0 aromatic carbocycles. The van der Waals surface area contributed by atoms with E-state index >= 15 is 0 Å². The highest BCUT2D eigenvalue weighted by Crippen LogP contribution is 2.59. The molecule has 1 aliphatic heterocycles. The summed E-state index contributed by atoms with van der Waals surface area (Å²) in [6.45, 7) is 0.636. The third kappa shape index (κ3) is 0.810. The minimum absolute atomic E-state index is 0.0619. The first-order valence-corrected chi connectivity index (χ1v) is 5.15. The van der Waals surface area contributed by atoms with Crippen LogP contribution < -0.4 is 5.73 Å². The Hall–Kier alpha value is -0.570. The summed E-state index contributed by atoms with van der Waals surface area (Å²) in [5.41, 5.74) is 5.87. The van der Waals surface area contributed by atoms with E-state index in [1.54, 1.807) is 0 Å².